The van der Waals surface area contributed by atoms with Gasteiger partial charge in [0.25, 0.3) is 5.56 Å². The first-order valence-electron chi connectivity index (χ1n) is 5.42. The van der Waals surface area contributed by atoms with Gasteiger partial charge in [0, 0.05) is 16.5 Å². The Morgan fingerprint density at radius 3 is 2.68 bits per heavy atom. The molecule has 0 amide bonds. The smallest absolute Gasteiger partial charge is 0.252 e. The van der Waals surface area contributed by atoms with Crippen LogP contribution < -0.4 is 5.56 Å². The van der Waals surface area contributed by atoms with Crippen LogP contribution in [-0.2, 0) is 6.73 Å². The molecule has 0 aliphatic carbocycles. The fraction of sp³-hybridized carbons (Fsp3) is 0.154. The van der Waals surface area contributed by atoms with Crippen molar-refractivity contribution in [2.45, 2.75) is 11.6 Å². The van der Waals surface area contributed by atoms with E-state index >= 15 is 0 Å². The van der Waals surface area contributed by atoms with Crippen molar-refractivity contribution in [1.29, 1.82) is 0 Å². The van der Waals surface area contributed by atoms with Gasteiger partial charge < -0.3 is 5.11 Å². The molecular weight excluding hydrogens is 289 g/mol. The number of aliphatic hydroxyl groups is 1. The average Bonchev–Trinajstić information content (AvgIpc) is 2.38. The molecule has 0 spiro atoms. The third kappa shape index (κ3) is 2.68. The maximum Gasteiger partial charge on any atom is 0.252 e. The first-order chi connectivity index (χ1) is 9.08. The standard InChI is InChI=1S/C13H11ClFNO2S/c1-19-11-4-5-12(18)16(7-17)13(11)9-3-2-8(15)6-10(9)14/h2-6,17H,7H2,1H3. The zero-order chi connectivity index (χ0) is 14.0. The topological polar surface area (TPSA) is 42.2 Å². The van der Waals surface area contributed by atoms with Crippen LogP contribution in [0.15, 0.2) is 40.0 Å². The van der Waals surface area contributed by atoms with Crippen LogP contribution in [0.4, 0.5) is 4.39 Å². The van der Waals surface area contributed by atoms with Crippen molar-refractivity contribution >= 4 is 23.4 Å². The van der Waals surface area contributed by atoms with Gasteiger partial charge in [-0.15, -0.1) is 11.8 Å². The van der Waals surface area contributed by atoms with Crippen molar-refractivity contribution in [3.05, 3.63) is 51.5 Å². The van der Waals surface area contributed by atoms with Crippen molar-refractivity contribution in [2.75, 3.05) is 6.26 Å². The van der Waals surface area contributed by atoms with E-state index < -0.39 is 12.5 Å². The van der Waals surface area contributed by atoms with E-state index in [-0.39, 0.29) is 10.6 Å². The van der Waals surface area contributed by atoms with Gasteiger partial charge in [-0.2, -0.15) is 0 Å². The van der Waals surface area contributed by atoms with E-state index in [0.717, 1.165) is 4.90 Å². The highest BCUT2D eigenvalue weighted by molar-refractivity contribution is 7.98. The number of aromatic nitrogens is 1. The Morgan fingerprint density at radius 1 is 1.37 bits per heavy atom. The minimum atomic E-state index is -0.462. The van der Waals surface area contributed by atoms with Gasteiger partial charge in [-0.05, 0) is 30.5 Å². The monoisotopic (exact) mass is 299 g/mol. The minimum absolute atomic E-state index is 0.197. The molecule has 1 heterocycles. The van der Waals surface area contributed by atoms with Crippen molar-refractivity contribution in [2.24, 2.45) is 0 Å². The van der Waals surface area contributed by atoms with Crippen molar-refractivity contribution in [3.63, 3.8) is 0 Å². The van der Waals surface area contributed by atoms with Crippen LogP contribution in [0.1, 0.15) is 0 Å². The van der Waals surface area contributed by atoms with Crippen molar-refractivity contribution < 1.29 is 9.50 Å². The van der Waals surface area contributed by atoms with Crippen LogP contribution in [0.2, 0.25) is 5.02 Å². The van der Waals surface area contributed by atoms with Crippen LogP contribution in [-0.4, -0.2) is 15.9 Å². The van der Waals surface area contributed by atoms with Gasteiger partial charge in [0.05, 0.1) is 10.7 Å². The molecule has 0 unspecified atom stereocenters. The summed E-state index contributed by atoms with van der Waals surface area (Å²) in [5.41, 5.74) is 0.669. The molecule has 0 bridgehead atoms. The number of aliphatic hydroxyl groups excluding tert-OH is 1. The lowest BCUT2D eigenvalue weighted by Crippen LogP contribution is -2.21. The summed E-state index contributed by atoms with van der Waals surface area (Å²) in [7, 11) is 0. The normalized spacial score (nSPS) is 10.7. The van der Waals surface area contributed by atoms with Gasteiger partial charge >= 0.3 is 0 Å². The summed E-state index contributed by atoms with van der Waals surface area (Å²) in [5.74, 6) is -0.451. The minimum Gasteiger partial charge on any atom is -0.376 e. The zero-order valence-electron chi connectivity index (χ0n) is 10.1. The predicted molar refractivity (Wildman–Crippen MR) is 75.1 cm³/mol. The molecular formula is C13H11ClFNO2S. The van der Waals surface area contributed by atoms with Crippen LogP contribution in [0.25, 0.3) is 11.3 Å². The van der Waals surface area contributed by atoms with Crippen molar-refractivity contribution in [1.82, 2.24) is 4.57 Å². The van der Waals surface area contributed by atoms with Crippen LogP contribution in [0.5, 0.6) is 0 Å². The second-order valence-corrected chi connectivity index (χ2v) is 5.04. The molecule has 0 aliphatic rings. The highest BCUT2D eigenvalue weighted by Gasteiger charge is 2.14. The number of pyridine rings is 1. The Morgan fingerprint density at radius 2 is 2.11 bits per heavy atom. The number of halogens is 2. The SMILES string of the molecule is CSc1ccc(=O)n(CO)c1-c1ccc(F)cc1Cl. The molecule has 19 heavy (non-hydrogen) atoms. The summed E-state index contributed by atoms with van der Waals surface area (Å²) >= 11 is 7.45. The number of rotatable bonds is 3. The molecule has 100 valence electrons. The summed E-state index contributed by atoms with van der Waals surface area (Å²) in [5, 5.41) is 9.56. The van der Waals surface area contributed by atoms with E-state index in [1.807, 2.05) is 6.26 Å². The average molecular weight is 300 g/mol. The number of nitrogens with zero attached hydrogens (tertiary/aromatic N) is 1. The number of hydrogen-bond acceptors (Lipinski definition) is 3. The van der Waals surface area contributed by atoms with Crippen LogP contribution >= 0.6 is 23.4 Å². The van der Waals surface area contributed by atoms with Gasteiger partial charge in [0.2, 0.25) is 0 Å². The van der Waals surface area contributed by atoms with E-state index in [4.69, 9.17) is 11.6 Å². The first-order valence-corrected chi connectivity index (χ1v) is 7.03. The number of hydrogen-bond donors (Lipinski definition) is 1. The lowest BCUT2D eigenvalue weighted by Gasteiger charge is -2.15. The molecule has 0 saturated carbocycles. The molecule has 0 fully saturated rings. The summed E-state index contributed by atoms with van der Waals surface area (Å²) in [6, 6.07) is 6.99. The third-order valence-electron chi connectivity index (χ3n) is 2.69. The lowest BCUT2D eigenvalue weighted by atomic mass is 10.1. The van der Waals surface area contributed by atoms with Gasteiger partial charge in [-0.1, -0.05) is 11.6 Å². The van der Waals surface area contributed by atoms with E-state index in [1.165, 1.54) is 40.6 Å². The van der Waals surface area contributed by atoms with Gasteiger partial charge in [-0.25, -0.2) is 4.39 Å². The van der Waals surface area contributed by atoms with E-state index in [9.17, 15) is 14.3 Å². The Labute approximate surface area is 118 Å². The molecule has 0 saturated heterocycles. The molecule has 2 rings (SSSR count). The fourth-order valence-corrected chi connectivity index (χ4v) is 2.70. The summed E-state index contributed by atoms with van der Waals surface area (Å²) < 4.78 is 14.3. The summed E-state index contributed by atoms with van der Waals surface area (Å²) in [4.78, 5) is 12.5. The predicted octanol–water partition coefficient (Wildman–Crippen LogP) is 2.98. The largest absolute Gasteiger partial charge is 0.376 e. The Bertz CT molecular complexity index is 672. The molecule has 1 aromatic heterocycles. The Balaban J connectivity index is 2.79. The highest BCUT2D eigenvalue weighted by Crippen LogP contribution is 2.34. The van der Waals surface area contributed by atoms with E-state index in [2.05, 4.69) is 0 Å². The molecule has 2 aromatic rings. The number of benzene rings is 1. The first kappa shape index (κ1) is 14.1. The van der Waals surface area contributed by atoms with Gasteiger partial charge in [0.15, 0.2) is 0 Å². The maximum atomic E-state index is 13.1. The lowest BCUT2D eigenvalue weighted by molar-refractivity contribution is 0.207. The third-order valence-corrected chi connectivity index (χ3v) is 3.78. The fourth-order valence-electron chi connectivity index (χ4n) is 1.82. The second-order valence-electron chi connectivity index (χ2n) is 3.78. The summed E-state index contributed by atoms with van der Waals surface area (Å²) in [6.07, 6.45) is 1.85. The number of thioether (sulfide) groups is 1. The molecule has 6 heteroatoms. The molecule has 0 aliphatic heterocycles. The molecule has 1 aromatic carbocycles. The van der Waals surface area contributed by atoms with E-state index in [1.54, 1.807) is 6.07 Å². The second kappa shape index (κ2) is 5.77. The Hall–Kier alpha value is -1.30. The Kier molecular flexibility index (Phi) is 4.29. The zero-order valence-corrected chi connectivity index (χ0v) is 11.6. The quantitative estimate of drug-likeness (QED) is 0.886. The maximum absolute atomic E-state index is 13.1. The molecule has 3 nitrogen and oxygen atoms in total. The highest BCUT2D eigenvalue weighted by atomic mass is 35.5. The van der Waals surface area contributed by atoms with Crippen molar-refractivity contribution in [3.8, 4) is 11.3 Å². The van der Waals surface area contributed by atoms with Gasteiger partial charge in [0.1, 0.15) is 12.5 Å². The van der Waals surface area contributed by atoms with Crippen LogP contribution in [0.3, 0.4) is 0 Å². The summed E-state index contributed by atoms with van der Waals surface area (Å²) in [6.45, 7) is -0.462. The molecule has 1 N–H and O–H groups in total. The molecule has 0 atom stereocenters. The molecule has 0 radical (unpaired) electrons. The van der Waals surface area contributed by atoms with Crippen LogP contribution in [0, 0.1) is 5.82 Å². The van der Waals surface area contributed by atoms with Gasteiger partial charge in [-0.3, -0.25) is 9.36 Å². The van der Waals surface area contributed by atoms with E-state index in [0.29, 0.717) is 11.3 Å².